The highest BCUT2D eigenvalue weighted by Gasteiger charge is 2.36. The third-order valence-electron chi connectivity index (χ3n) is 7.80. The van der Waals surface area contributed by atoms with Crippen LogP contribution >= 0.6 is 11.6 Å². The van der Waals surface area contributed by atoms with E-state index in [0.717, 1.165) is 38.1 Å². The fraction of sp³-hybridized carbons (Fsp3) is 0.121. The lowest BCUT2D eigenvalue weighted by molar-refractivity contribution is 0.0982. The smallest absolute Gasteiger partial charge is 0.437 e. The Morgan fingerprint density at radius 1 is 0.884 bits per heavy atom. The number of para-hydroxylation sites is 1. The van der Waals surface area contributed by atoms with Crippen LogP contribution in [0.4, 0.5) is 16.2 Å². The second-order valence-electron chi connectivity index (χ2n) is 10.4. The van der Waals surface area contributed by atoms with Crippen LogP contribution in [0, 0.1) is 0 Å². The molecule has 10 heteroatoms. The van der Waals surface area contributed by atoms with Crippen molar-refractivity contribution in [2.24, 2.45) is 0 Å². The van der Waals surface area contributed by atoms with Crippen molar-refractivity contribution in [3.63, 3.8) is 0 Å². The maximum atomic E-state index is 13.9. The minimum atomic E-state index is -0.849. The van der Waals surface area contributed by atoms with Gasteiger partial charge in [-0.15, -0.1) is 11.6 Å². The highest BCUT2D eigenvalue weighted by atomic mass is 35.5. The van der Waals surface area contributed by atoms with E-state index in [2.05, 4.69) is 15.3 Å². The molecule has 0 saturated carbocycles. The van der Waals surface area contributed by atoms with E-state index < -0.39 is 6.16 Å². The molecule has 9 nitrogen and oxygen atoms in total. The summed E-state index contributed by atoms with van der Waals surface area (Å²) in [6, 6.07) is 25.9. The van der Waals surface area contributed by atoms with Crippen LogP contribution in [0.25, 0.3) is 32.6 Å². The number of aromatic nitrogens is 2. The molecule has 0 aliphatic carbocycles. The first-order valence-electron chi connectivity index (χ1n) is 13.6. The summed E-state index contributed by atoms with van der Waals surface area (Å²) in [6.07, 6.45) is -0.849. The van der Waals surface area contributed by atoms with Gasteiger partial charge in [-0.25, -0.2) is 4.79 Å². The molecular weight excluding hydrogens is 568 g/mol. The van der Waals surface area contributed by atoms with Crippen molar-refractivity contribution in [3.05, 3.63) is 102 Å². The van der Waals surface area contributed by atoms with Crippen LogP contribution in [0.2, 0.25) is 0 Å². The average Bonchev–Trinajstić information content (AvgIpc) is 3.75. The predicted octanol–water partition coefficient (Wildman–Crippen LogP) is 7.18. The van der Waals surface area contributed by atoms with Crippen molar-refractivity contribution in [1.29, 1.82) is 0 Å². The number of anilines is 2. The van der Waals surface area contributed by atoms with Gasteiger partial charge in [0.15, 0.2) is 0 Å². The van der Waals surface area contributed by atoms with Crippen molar-refractivity contribution in [3.8, 4) is 5.75 Å². The summed E-state index contributed by atoms with van der Waals surface area (Å²) in [5.74, 6) is -0.0347. The third-order valence-corrected chi connectivity index (χ3v) is 8.18. The summed E-state index contributed by atoms with van der Waals surface area (Å²) in [6.45, 7) is 0.366. The number of aromatic amines is 2. The minimum absolute atomic E-state index is 0.117. The predicted molar refractivity (Wildman–Crippen MR) is 167 cm³/mol. The lowest BCUT2D eigenvalue weighted by Crippen LogP contribution is -2.30. The van der Waals surface area contributed by atoms with Crippen LogP contribution < -0.4 is 15.0 Å². The second kappa shape index (κ2) is 10.5. The number of nitrogens with one attached hydrogen (secondary N) is 3. The van der Waals surface area contributed by atoms with Crippen LogP contribution in [0.3, 0.4) is 0 Å². The molecule has 4 aromatic carbocycles. The first kappa shape index (κ1) is 26.6. The monoisotopic (exact) mass is 592 g/mol. The van der Waals surface area contributed by atoms with E-state index in [1.54, 1.807) is 23.1 Å². The molecule has 0 bridgehead atoms. The van der Waals surface area contributed by atoms with Gasteiger partial charge in [-0.3, -0.25) is 9.59 Å². The van der Waals surface area contributed by atoms with Gasteiger partial charge >= 0.3 is 6.16 Å². The maximum Gasteiger partial charge on any atom is 0.513 e. The van der Waals surface area contributed by atoms with E-state index >= 15 is 0 Å². The van der Waals surface area contributed by atoms with Crippen molar-refractivity contribution in [2.45, 2.75) is 5.92 Å². The first-order chi connectivity index (χ1) is 20.9. The van der Waals surface area contributed by atoms with Gasteiger partial charge in [-0.1, -0.05) is 42.5 Å². The molecule has 6 aromatic rings. The molecule has 3 N–H and O–H groups in total. The van der Waals surface area contributed by atoms with E-state index in [1.807, 2.05) is 66.7 Å². The van der Waals surface area contributed by atoms with E-state index in [0.29, 0.717) is 40.9 Å². The molecule has 0 saturated heterocycles. The fourth-order valence-electron chi connectivity index (χ4n) is 5.81. The molecular formula is C33H25ClN4O5. The Balaban J connectivity index is 1.20. The maximum absolute atomic E-state index is 13.9. The number of rotatable bonds is 5. The molecule has 214 valence electrons. The highest BCUT2D eigenvalue weighted by molar-refractivity contribution is 6.19. The van der Waals surface area contributed by atoms with Gasteiger partial charge < -0.3 is 29.7 Å². The zero-order valence-corrected chi connectivity index (χ0v) is 23.7. The Labute approximate surface area is 250 Å². The number of nitrogens with zero attached hydrogens (tertiary/aromatic N) is 1. The van der Waals surface area contributed by atoms with Gasteiger partial charge in [-0.05, 0) is 47.3 Å². The molecule has 1 unspecified atom stereocenters. The van der Waals surface area contributed by atoms with Crippen LogP contribution in [0.1, 0.15) is 32.5 Å². The number of H-pyrrole nitrogens is 2. The van der Waals surface area contributed by atoms with Crippen LogP contribution in [-0.4, -0.2) is 47.5 Å². The molecule has 1 atom stereocenters. The number of hydrogen-bond donors (Lipinski definition) is 3. The normalized spacial score (nSPS) is 14.3. The van der Waals surface area contributed by atoms with Gasteiger partial charge in [0.25, 0.3) is 11.8 Å². The van der Waals surface area contributed by atoms with Gasteiger partial charge in [0.1, 0.15) is 17.1 Å². The lowest BCUT2D eigenvalue weighted by atomic mass is 9.95. The zero-order chi connectivity index (χ0) is 29.7. The summed E-state index contributed by atoms with van der Waals surface area (Å²) in [7, 11) is 1.24. The summed E-state index contributed by atoms with van der Waals surface area (Å²) in [4.78, 5) is 46.9. The second-order valence-corrected chi connectivity index (χ2v) is 10.7. The van der Waals surface area contributed by atoms with Crippen molar-refractivity contribution in [2.75, 3.05) is 29.8 Å². The number of fused-ring (bicyclic) bond motifs is 5. The number of halogens is 1. The fourth-order valence-corrected chi connectivity index (χ4v) is 6.06. The van der Waals surface area contributed by atoms with E-state index in [-0.39, 0.29) is 17.7 Å². The molecule has 1 aliphatic rings. The molecule has 2 aromatic heterocycles. The lowest BCUT2D eigenvalue weighted by Gasteiger charge is -2.18. The minimum Gasteiger partial charge on any atom is -0.437 e. The molecule has 0 spiro atoms. The first-order valence-corrected chi connectivity index (χ1v) is 14.2. The number of ether oxygens (including phenoxy) is 2. The Morgan fingerprint density at radius 3 is 2.40 bits per heavy atom. The zero-order valence-electron chi connectivity index (χ0n) is 22.9. The Hall–Kier alpha value is -5.28. The molecule has 43 heavy (non-hydrogen) atoms. The number of hydrogen-bond acceptors (Lipinski definition) is 5. The van der Waals surface area contributed by atoms with Gasteiger partial charge in [-0.2, -0.15) is 0 Å². The van der Waals surface area contributed by atoms with E-state index in [9.17, 15) is 14.4 Å². The van der Waals surface area contributed by atoms with Crippen molar-refractivity contribution in [1.82, 2.24) is 9.97 Å². The molecule has 0 radical (unpaired) electrons. The largest absolute Gasteiger partial charge is 0.513 e. The summed E-state index contributed by atoms with van der Waals surface area (Å²) >= 11 is 6.40. The topological polar surface area (TPSA) is 117 Å². The number of methoxy groups -OCH3 is 1. The van der Waals surface area contributed by atoms with Crippen LogP contribution in [0.5, 0.6) is 5.75 Å². The number of benzene rings is 4. The number of alkyl halides is 1. The number of carbonyl (C=O) groups excluding carboxylic acids is 3. The molecule has 2 amide bonds. The third kappa shape index (κ3) is 4.64. The quantitative estimate of drug-likeness (QED) is 0.111. The van der Waals surface area contributed by atoms with Gasteiger partial charge in [0.05, 0.1) is 12.8 Å². The van der Waals surface area contributed by atoms with Gasteiger partial charge in [0.2, 0.25) is 0 Å². The van der Waals surface area contributed by atoms with Gasteiger partial charge in [0, 0.05) is 57.3 Å². The highest BCUT2D eigenvalue weighted by Crippen LogP contribution is 2.46. The Morgan fingerprint density at radius 2 is 1.60 bits per heavy atom. The summed E-state index contributed by atoms with van der Waals surface area (Å²) < 4.78 is 10.2. The standard InChI is InChI=1S/C33H25ClN4O5/c1-42-33(41)43-29-15-28-30(23-8-4-3-7-22(23)29)20(16-34)17-38(28)32(40)27-14-19-12-21(10-11-25(19)37-27)35-31(39)26-13-18-6-2-5-9-24(18)36-26/h2-15,20,36-37H,16-17H2,1H3,(H,35,39). The molecule has 3 heterocycles. The van der Waals surface area contributed by atoms with E-state index in [4.69, 9.17) is 21.1 Å². The van der Waals surface area contributed by atoms with Crippen LogP contribution in [-0.2, 0) is 4.74 Å². The van der Waals surface area contributed by atoms with Crippen molar-refractivity contribution >= 4 is 73.5 Å². The van der Waals surface area contributed by atoms with Crippen LogP contribution in [0.15, 0.2) is 84.9 Å². The summed E-state index contributed by atoms with van der Waals surface area (Å²) in [5.41, 5.74) is 4.60. The average molecular weight is 593 g/mol. The molecule has 1 aliphatic heterocycles. The molecule has 7 rings (SSSR count). The van der Waals surface area contributed by atoms with E-state index in [1.165, 1.54) is 7.11 Å². The Bertz CT molecular complexity index is 2050. The SMILES string of the molecule is COC(=O)Oc1cc2c(c3ccccc13)C(CCl)CN2C(=O)c1cc2cc(NC(=O)c3cc4ccccc4[nH]3)ccc2[nH]1. The Kier molecular flexibility index (Phi) is 6.51. The number of amides is 2. The summed E-state index contributed by atoms with van der Waals surface area (Å²) in [5, 5.41) is 6.22. The number of carbonyl (C=O) groups is 3. The van der Waals surface area contributed by atoms with Crippen molar-refractivity contribution < 1.29 is 23.9 Å². The molecule has 0 fully saturated rings.